The first kappa shape index (κ1) is 13.5. The number of halogens is 1. The van der Waals surface area contributed by atoms with Gasteiger partial charge in [0.1, 0.15) is 11.6 Å². The zero-order chi connectivity index (χ0) is 12.8. The zero-order valence-electron chi connectivity index (χ0n) is 10.4. The summed E-state index contributed by atoms with van der Waals surface area (Å²) in [6.45, 7) is 5.60. The van der Waals surface area contributed by atoms with Gasteiger partial charge in [-0.25, -0.2) is 4.39 Å². The Labute approximate surface area is 101 Å². The van der Waals surface area contributed by atoms with E-state index in [2.05, 4.69) is 5.32 Å². The summed E-state index contributed by atoms with van der Waals surface area (Å²) in [4.78, 5) is 11.7. The molecule has 0 fully saturated rings. The van der Waals surface area contributed by atoms with Crippen molar-refractivity contribution < 1.29 is 13.9 Å². The van der Waals surface area contributed by atoms with Crippen LogP contribution in [-0.2, 0) is 4.79 Å². The highest BCUT2D eigenvalue weighted by molar-refractivity contribution is 5.80. The topological polar surface area (TPSA) is 38.3 Å². The molecule has 1 aromatic rings. The van der Waals surface area contributed by atoms with Crippen LogP contribution in [0.15, 0.2) is 24.3 Å². The third kappa shape index (κ3) is 4.43. The molecule has 0 bridgehead atoms. The first-order chi connectivity index (χ1) is 8.02. The van der Waals surface area contributed by atoms with Crippen molar-refractivity contribution in [3.8, 4) is 5.75 Å². The van der Waals surface area contributed by atoms with Gasteiger partial charge in [-0.3, -0.25) is 4.79 Å². The molecule has 2 atom stereocenters. The van der Waals surface area contributed by atoms with Crippen molar-refractivity contribution in [1.82, 2.24) is 5.32 Å². The van der Waals surface area contributed by atoms with Crippen molar-refractivity contribution in [2.75, 3.05) is 0 Å². The van der Waals surface area contributed by atoms with Gasteiger partial charge in [-0.2, -0.15) is 0 Å². The summed E-state index contributed by atoms with van der Waals surface area (Å²) < 4.78 is 18.1. The van der Waals surface area contributed by atoms with Crippen LogP contribution >= 0.6 is 0 Å². The lowest BCUT2D eigenvalue weighted by Gasteiger charge is -2.17. The molecule has 0 aromatic heterocycles. The fraction of sp³-hybridized carbons (Fsp3) is 0.462. The molecule has 0 heterocycles. The molecule has 94 valence electrons. The second kappa shape index (κ2) is 6.23. The highest BCUT2D eigenvalue weighted by Crippen LogP contribution is 2.13. The molecule has 0 spiro atoms. The maximum absolute atomic E-state index is 12.7. The van der Waals surface area contributed by atoms with E-state index in [0.29, 0.717) is 5.75 Å². The highest BCUT2D eigenvalue weighted by Gasteiger charge is 2.15. The quantitative estimate of drug-likeness (QED) is 0.857. The standard InChI is InChI=1S/C13H18FNO2/c1-4-9(2)15-13(16)10(3)17-12-7-5-11(14)6-8-12/h5-10H,4H2,1-3H3,(H,15,16)/t9-,10+/m1/s1. The van der Waals surface area contributed by atoms with Gasteiger partial charge in [0.05, 0.1) is 0 Å². The minimum absolute atomic E-state index is 0.127. The number of benzene rings is 1. The van der Waals surface area contributed by atoms with Crippen LogP contribution in [-0.4, -0.2) is 18.1 Å². The predicted molar refractivity (Wildman–Crippen MR) is 64.4 cm³/mol. The molecule has 4 heteroatoms. The smallest absolute Gasteiger partial charge is 0.260 e. The second-order valence-electron chi connectivity index (χ2n) is 4.03. The summed E-state index contributed by atoms with van der Waals surface area (Å²) >= 11 is 0. The monoisotopic (exact) mass is 239 g/mol. The first-order valence-electron chi connectivity index (χ1n) is 5.75. The van der Waals surface area contributed by atoms with E-state index in [9.17, 15) is 9.18 Å². The van der Waals surface area contributed by atoms with Crippen LogP contribution in [0.3, 0.4) is 0 Å². The van der Waals surface area contributed by atoms with Gasteiger partial charge in [-0.1, -0.05) is 6.92 Å². The fourth-order valence-corrected chi connectivity index (χ4v) is 1.23. The van der Waals surface area contributed by atoms with Crippen LogP contribution in [0.2, 0.25) is 0 Å². The van der Waals surface area contributed by atoms with E-state index in [0.717, 1.165) is 6.42 Å². The molecule has 0 saturated carbocycles. The number of rotatable bonds is 5. The van der Waals surface area contributed by atoms with E-state index in [1.807, 2.05) is 13.8 Å². The van der Waals surface area contributed by atoms with Gasteiger partial charge in [0.15, 0.2) is 6.10 Å². The Balaban J connectivity index is 2.51. The van der Waals surface area contributed by atoms with E-state index < -0.39 is 6.10 Å². The summed E-state index contributed by atoms with van der Waals surface area (Å²) in [7, 11) is 0. The molecule has 0 saturated heterocycles. The summed E-state index contributed by atoms with van der Waals surface area (Å²) in [6, 6.07) is 5.73. The molecule has 1 aromatic carbocycles. The minimum atomic E-state index is -0.588. The molecule has 1 N–H and O–H groups in total. The van der Waals surface area contributed by atoms with Crippen LogP contribution < -0.4 is 10.1 Å². The van der Waals surface area contributed by atoms with Crippen LogP contribution in [0.4, 0.5) is 4.39 Å². The average molecular weight is 239 g/mol. The molecule has 0 radical (unpaired) electrons. The number of carbonyl (C=O) groups excluding carboxylic acids is 1. The number of ether oxygens (including phenoxy) is 1. The SMILES string of the molecule is CC[C@@H](C)NC(=O)[C@H](C)Oc1ccc(F)cc1. The van der Waals surface area contributed by atoms with Crippen molar-refractivity contribution in [3.63, 3.8) is 0 Å². The predicted octanol–water partition coefficient (Wildman–Crippen LogP) is 2.51. The number of carbonyl (C=O) groups is 1. The van der Waals surface area contributed by atoms with Crippen molar-refractivity contribution in [1.29, 1.82) is 0 Å². The van der Waals surface area contributed by atoms with Crippen molar-refractivity contribution in [2.45, 2.75) is 39.3 Å². The lowest BCUT2D eigenvalue weighted by molar-refractivity contribution is -0.127. The summed E-state index contributed by atoms with van der Waals surface area (Å²) in [5.41, 5.74) is 0. The molecule has 3 nitrogen and oxygen atoms in total. The lowest BCUT2D eigenvalue weighted by atomic mass is 10.2. The van der Waals surface area contributed by atoms with Crippen LogP contribution in [0.1, 0.15) is 27.2 Å². The van der Waals surface area contributed by atoms with Crippen molar-refractivity contribution >= 4 is 5.91 Å². The lowest BCUT2D eigenvalue weighted by Crippen LogP contribution is -2.40. The average Bonchev–Trinajstić information content (AvgIpc) is 2.31. The van der Waals surface area contributed by atoms with Crippen LogP contribution in [0, 0.1) is 5.82 Å². The third-order valence-electron chi connectivity index (χ3n) is 2.50. The third-order valence-corrected chi connectivity index (χ3v) is 2.50. The molecule has 1 rings (SSSR count). The van der Waals surface area contributed by atoms with Gasteiger partial charge >= 0.3 is 0 Å². The molecular weight excluding hydrogens is 221 g/mol. The first-order valence-corrected chi connectivity index (χ1v) is 5.75. The van der Waals surface area contributed by atoms with E-state index in [-0.39, 0.29) is 17.8 Å². The van der Waals surface area contributed by atoms with E-state index in [1.54, 1.807) is 6.92 Å². The fourth-order valence-electron chi connectivity index (χ4n) is 1.23. The Bertz CT molecular complexity index is 364. The Hall–Kier alpha value is -1.58. The molecule has 0 aliphatic heterocycles. The molecule has 1 amide bonds. The Morgan fingerprint density at radius 3 is 2.47 bits per heavy atom. The maximum atomic E-state index is 12.7. The number of nitrogens with one attached hydrogen (secondary N) is 1. The van der Waals surface area contributed by atoms with Crippen LogP contribution in [0.25, 0.3) is 0 Å². The van der Waals surface area contributed by atoms with E-state index in [1.165, 1.54) is 24.3 Å². The minimum Gasteiger partial charge on any atom is -0.481 e. The van der Waals surface area contributed by atoms with Crippen molar-refractivity contribution in [3.05, 3.63) is 30.1 Å². The number of amides is 1. The van der Waals surface area contributed by atoms with Gasteiger partial charge in [-0.05, 0) is 44.5 Å². The summed E-state index contributed by atoms with van der Waals surface area (Å²) in [5.74, 6) is -0.00376. The normalized spacial score (nSPS) is 13.9. The number of hydrogen-bond donors (Lipinski definition) is 1. The van der Waals surface area contributed by atoms with E-state index in [4.69, 9.17) is 4.74 Å². The van der Waals surface area contributed by atoms with Gasteiger partial charge < -0.3 is 10.1 Å². The maximum Gasteiger partial charge on any atom is 0.260 e. The zero-order valence-corrected chi connectivity index (χ0v) is 10.4. The van der Waals surface area contributed by atoms with Crippen molar-refractivity contribution in [2.24, 2.45) is 0 Å². The number of hydrogen-bond acceptors (Lipinski definition) is 2. The molecule has 0 aliphatic rings. The summed E-state index contributed by atoms with van der Waals surface area (Å²) in [5, 5.41) is 2.82. The van der Waals surface area contributed by atoms with Gasteiger partial charge in [0, 0.05) is 6.04 Å². The Morgan fingerprint density at radius 1 is 1.35 bits per heavy atom. The Morgan fingerprint density at radius 2 is 1.94 bits per heavy atom. The van der Waals surface area contributed by atoms with Gasteiger partial charge in [-0.15, -0.1) is 0 Å². The van der Waals surface area contributed by atoms with Gasteiger partial charge in [0.25, 0.3) is 5.91 Å². The van der Waals surface area contributed by atoms with E-state index >= 15 is 0 Å². The molecule has 17 heavy (non-hydrogen) atoms. The van der Waals surface area contributed by atoms with Gasteiger partial charge in [0.2, 0.25) is 0 Å². The second-order valence-corrected chi connectivity index (χ2v) is 4.03. The Kier molecular flexibility index (Phi) is 4.94. The molecular formula is C13H18FNO2. The highest BCUT2D eigenvalue weighted by atomic mass is 19.1. The molecule has 0 aliphatic carbocycles. The summed E-state index contributed by atoms with van der Waals surface area (Å²) in [6.07, 6.45) is 0.282. The largest absolute Gasteiger partial charge is 0.481 e. The molecule has 0 unspecified atom stereocenters. The van der Waals surface area contributed by atoms with Crippen LogP contribution in [0.5, 0.6) is 5.75 Å².